The maximum Gasteiger partial charge on any atom is 0.264 e. The highest BCUT2D eigenvalue weighted by Crippen LogP contribution is 2.29. The Kier molecular flexibility index (Phi) is 4.18. The molecule has 1 aromatic rings. The van der Waals surface area contributed by atoms with E-state index in [-0.39, 0.29) is 17.4 Å². The average Bonchev–Trinajstić information content (AvgIpc) is 2.17. The molecule has 0 amide bonds. The fourth-order valence-corrected chi connectivity index (χ4v) is 2.23. The standard InChI is InChI=1S/C10H13ClO4S/c1-7-4-9(15-6-14-3)10(5-8(7)2)16(11,12)13/h4-5H,6H2,1-3H3. The number of ether oxygens (including phenoxy) is 2. The number of halogens is 1. The van der Waals surface area contributed by atoms with E-state index in [1.165, 1.54) is 13.2 Å². The third-order valence-corrected chi connectivity index (χ3v) is 3.50. The zero-order valence-corrected chi connectivity index (χ0v) is 10.9. The van der Waals surface area contributed by atoms with Crippen molar-refractivity contribution < 1.29 is 17.9 Å². The van der Waals surface area contributed by atoms with E-state index in [0.29, 0.717) is 0 Å². The van der Waals surface area contributed by atoms with E-state index >= 15 is 0 Å². The van der Waals surface area contributed by atoms with Crippen LogP contribution in [0, 0.1) is 13.8 Å². The number of aryl methyl sites for hydroxylation is 2. The van der Waals surface area contributed by atoms with Crippen molar-refractivity contribution in [2.24, 2.45) is 0 Å². The molecule has 0 bridgehead atoms. The highest BCUT2D eigenvalue weighted by atomic mass is 35.7. The zero-order valence-electron chi connectivity index (χ0n) is 9.28. The molecule has 1 aromatic carbocycles. The van der Waals surface area contributed by atoms with Gasteiger partial charge in [-0.2, -0.15) is 0 Å². The normalized spacial score (nSPS) is 11.5. The van der Waals surface area contributed by atoms with Gasteiger partial charge in [0.2, 0.25) is 0 Å². The van der Waals surface area contributed by atoms with Crippen LogP contribution in [0.25, 0.3) is 0 Å². The molecule has 90 valence electrons. The van der Waals surface area contributed by atoms with Crippen molar-refractivity contribution >= 4 is 19.7 Å². The molecule has 16 heavy (non-hydrogen) atoms. The van der Waals surface area contributed by atoms with Crippen molar-refractivity contribution in [2.75, 3.05) is 13.9 Å². The summed E-state index contributed by atoms with van der Waals surface area (Å²) in [6, 6.07) is 3.12. The molecule has 1 rings (SSSR count). The van der Waals surface area contributed by atoms with Crippen LogP contribution in [0.15, 0.2) is 17.0 Å². The van der Waals surface area contributed by atoms with Crippen LogP contribution in [0.1, 0.15) is 11.1 Å². The Balaban J connectivity index is 3.28. The molecule has 0 heterocycles. The van der Waals surface area contributed by atoms with Crippen LogP contribution in [0.5, 0.6) is 5.75 Å². The number of rotatable bonds is 4. The minimum Gasteiger partial charge on any atom is -0.466 e. The molecule has 0 aromatic heterocycles. The molecule has 0 atom stereocenters. The average molecular weight is 265 g/mol. The van der Waals surface area contributed by atoms with Crippen molar-refractivity contribution in [3.63, 3.8) is 0 Å². The molecule has 0 saturated carbocycles. The van der Waals surface area contributed by atoms with Gasteiger partial charge in [0, 0.05) is 17.8 Å². The summed E-state index contributed by atoms with van der Waals surface area (Å²) in [5, 5.41) is 0. The molecule has 0 spiro atoms. The second-order valence-corrected chi connectivity index (χ2v) is 5.91. The first-order chi connectivity index (χ1) is 7.36. The van der Waals surface area contributed by atoms with Crippen molar-refractivity contribution in [3.05, 3.63) is 23.3 Å². The van der Waals surface area contributed by atoms with Crippen LogP contribution in [-0.4, -0.2) is 22.3 Å². The first-order valence-electron chi connectivity index (χ1n) is 4.54. The summed E-state index contributed by atoms with van der Waals surface area (Å²) in [6.45, 7) is 3.64. The molecule has 0 saturated heterocycles. The van der Waals surface area contributed by atoms with E-state index in [9.17, 15) is 8.42 Å². The summed E-state index contributed by atoms with van der Waals surface area (Å²) in [6.07, 6.45) is 0. The highest BCUT2D eigenvalue weighted by molar-refractivity contribution is 8.13. The molecule has 6 heteroatoms. The number of hydrogen-bond donors (Lipinski definition) is 0. The van der Waals surface area contributed by atoms with Gasteiger partial charge in [-0.25, -0.2) is 8.42 Å². The lowest BCUT2D eigenvalue weighted by Gasteiger charge is -2.11. The first-order valence-corrected chi connectivity index (χ1v) is 6.85. The summed E-state index contributed by atoms with van der Waals surface area (Å²) in [5.41, 5.74) is 1.76. The van der Waals surface area contributed by atoms with Crippen molar-refractivity contribution in [1.29, 1.82) is 0 Å². The minimum absolute atomic E-state index is 0.0259. The van der Waals surface area contributed by atoms with E-state index in [1.807, 2.05) is 6.92 Å². The molecular formula is C10H13ClO4S. The summed E-state index contributed by atoms with van der Waals surface area (Å²) in [5.74, 6) is 0.208. The van der Waals surface area contributed by atoms with Gasteiger partial charge >= 0.3 is 0 Å². The van der Waals surface area contributed by atoms with Gasteiger partial charge in [-0.05, 0) is 37.1 Å². The lowest BCUT2D eigenvalue weighted by molar-refractivity contribution is 0.0490. The third-order valence-electron chi connectivity index (χ3n) is 2.16. The second kappa shape index (κ2) is 5.03. The van der Waals surface area contributed by atoms with Crippen molar-refractivity contribution in [1.82, 2.24) is 0 Å². The van der Waals surface area contributed by atoms with Gasteiger partial charge in [-0.15, -0.1) is 0 Å². The monoisotopic (exact) mass is 264 g/mol. The Morgan fingerprint density at radius 2 is 1.81 bits per heavy atom. The van der Waals surface area contributed by atoms with Gasteiger partial charge in [0.05, 0.1) is 0 Å². The predicted octanol–water partition coefficient (Wildman–Crippen LogP) is 2.21. The van der Waals surface area contributed by atoms with Gasteiger partial charge in [-0.1, -0.05) is 0 Å². The van der Waals surface area contributed by atoms with Crippen LogP contribution < -0.4 is 4.74 Å². The maximum atomic E-state index is 11.3. The zero-order chi connectivity index (χ0) is 12.3. The van der Waals surface area contributed by atoms with Gasteiger partial charge in [0.1, 0.15) is 10.6 Å². The molecular weight excluding hydrogens is 252 g/mol. The summed E-state index contributed by atoms with van der Waals surface area (Å²) >= 11 is 0. The first kappa shape index (κ1) is 13.3. The largest absolute Gasteiger partial charge is 0.466 e. The fraction of sp³-hybridized carbons (Fsp3) is 0.400. The SMILES string of the molecule is COCOc1cc(C)c(C)cc1S(=O)(=O)Cl. The van der Waals surface area contributed by atoms with E-state index < -0.39 is 9.05 Å². The van der Waals surface area contributed by atoms with Gasteiger partial charge in [-0.3, -0.25) is 0 Å². The topological polar surface area (TPSA) is 52.6 Å². The Labute approximate surface area is 99.6 Å². The Morgan fingerprint density at radius 3 is 2.31 bits per heavy atom. The summed E-state index contributed by atoms with van der Waals surface area (Å²) < 4.78 is 32.5. The van der Waals surface area contributed by atoms with Crippen LogP contribution in [0.2, 0.25) is 0 Å². The van der Waals surface area contributed by atoms with Gasteiger partial charge < -0.3 is 9.47 Å². The van der Waals surface area contributed by atoms with E-state index in [0.717, 1.165) is 11.1 Å². The number of hydrogen-bond acceptors (Lipinski definition) is 4. The Hall–Kier alpha value is -0.780. The van der Waals surface area contributed by atoms with Crippen LogP contribution >= 0.6 is 10.7 Å². The minimum atomic E-state index is -3.81. The molecule has 0 aliphatic rings. The van der Waals surface area contributed by atoms with Gasteiger partial charge in [0.25, 0.3) is 9.05 Å². The van der Waals surface area contributed by atoms with Gasteiger partial charge in [0.15, 0.2) is 6.79 Å². The second-order valence-electron chi connectivity index (χ2n) is 3.37. The predicted molar refractivity (Wildman–Crippen MR) is 61.5 cm³/mol. The molecule has 0 unspecified atom stereocenters. The smallest absolute Gasteiger partial charge is 0.264 e. The van der Waals surface area contributed by atoms with Crippen LogP contribution in [0.4, 0.5) is 0 Å². The van der Waals surface area contributed by atoms with Crippen LogP contribution in [0.3, 0.4) is 0 Å². The molecule has 0 aliphatic heterocycles. The van der Waals surface area contributed by atoms with Crippen molar-refractivity contribution in [2.45, 2.75) is 18.7 Å². The number of methoxy groups -OCH3 is 1. The van der Waals surface area contributed by atoms with E-state index in [4.69, 9.17) is 20.2 Å². The summed E-state index contributed by atoms with van der Waals surface area (Å²) in [7, 11) is 2.96. The summed E-state index contributed by atoms with van der Waals surface area (Å²) in [4.78, 5) is -0.0330. The molecule has 0 aliphatic carbocycles. The maximum absolute atomic E-state index is 11.3. The van der Waals surface area contributed by atoms with E-state index in [1.54, 1.807) is 13.0 Å². The van der Waals surface area contributed by atoms with Crippen molar-refractivity contribution in [3.8, 4) is 5.75 Å². The Bertz CT molecular complexity index is 482. The molecule has 0 N–H and O–H groups in total. The molecule has 0 fully saturated rings. The lowest BCUT2D eigenvalue weighted by Crippen LogP contribution is -2.04. The number of benzene rings is 1. The Morgan fingerprint density at radius 1 is 1.25 bits per heavy atom. The fourth-order valence-electron chi connectivity index (χ4n) is 1.19. The third kappa shape index (κ3) is 3.10. The lowest BCUT2D eigenvalue weighted by atomic mass is 10.1. The highest BCUT2D eigenvalue weighted by Gasteiger charge is 2.18. The van der Waals surface area contributed by atoms with Crippen LogP contribution in [-0.2, 0) is 13.8 Å². The van der Waals surface area contributed by atoms with E-state index in [2.05, 4.69) is 0 Å². The quantitative estimate of drug-likeness (QED) is 0.618. The molecule has 0 radical (unpaired) electrons. The molecule has 4 nitrogen and oxygen atoms in total.